The van der Waals surface area contributed by atoms with Crippen LogP contribution in [-0.2, 0) is 18.3 Å². The van der Waals surface area contributed by atoms with Gasteiger partial charge in [0.15, 0.2) is 5.13 Å². The topological polar surface area (TPSA) is 88.9 Å². The van der Waals surface area contributed by atoms with Gasteiger partial charge in [-0.05, 0) is 30.2 Å². The minimum absolute atomic E-state index is 0.0458. The van der Waals surface area contributed by atoms with Crippen molar-refractivity contribution in [2.24, 2.45) is 7.05 Å². The summed E-state index contributed by atoms with van der Waals surface area (Å²) in [4.78, 5) is 28.9. The molecule has 154 valence electrons. The second-order valence-corrected chi connectivity index (χ2v) is 8.17. The first-order valence-electron chi connectivity index (χ1n) is 9.86. The van der Waals surface area contributed by atoms with Crippen LogP contribution in [-0.4, -0.2) is 26.6 Å². The van der Waals surface area contributed by atoms with Crippen LogP contribution in [0, 0.1) is 0 Å². The van der Waals surface area contributed by atoms with Crippen LogP contribution < -0.4 is 10.6 Å². The number of thiazole rings is 1. The van der Waals surface area contributed by atoms with Gasteiger partial charge in [-0.2, -0.15) is 5.10 Å². The number of hydrogen-bond donors (Lipinski definition) is 2. The number of carbonyl (C=O) groups is 2. The van der Waals surface area contributed by atoms with Crippen molar-refractivity contribution in [2.45, 2.75) is 12.8 Å². The number of carbonyl (C=O) groups excluding carboxylic acids is 2. The van der Waals surface area contributed by atoms with Crippen LogP contribution in [0.5, 0.6) is 0 Å². The number of amides is 2. The maximum absolute atomic E-state index is 12.8. The van der Waals surface area contributed by atoms with Gasteiger partial charge in [-0.15, -0.1) is 11.3 Å². The second kappa shape index (κ2) is 7.81. The lowest BCUT2D eigenvalue weighted by atomic mass is 9.99. The van der Waals surface area contributed by atoms with E-state index in [0.717, 1.165) is 33.8 Å². The van der Waals surface area contributed by atoms with E-state index in [4.69, 9.17) is 0 Å². The Hall–Kier alpha value is -3.78. The van der Waals surface area contributed by atoms with E-state index in [1.165, 1.54) is 11.3 Å². The standard InChI is InChI=1S/C23H19N5O2S/c1-28-20(12-18(27-28)14-5-3-2-4-6-14)22(30)26-23-25-19(13-31-23)16-7-9-17-15(11-16)8-10-21(29)24-17/h2-7,9,11-13H,8,10H2,1H3,(H,24,29)(H,25,26,30). The summed E-state index contributed by atoms with van der Waals surface area (Å²) in [5.74, 6) is -0.212. The molecular weight excluding hydrogens is 410 g/mol. The lowest BCUT2D eigenvalue weighted by Crippen LogP contribution is -2.18. The zero-order valence-corrected chi connectivity index (χ0v) is 17.6. The van der Waals surface area contributed by atoms with E-state index in [-0.39, 0.29) is 11.8 Å². The van der Waals surface area contributed by atoms with Gasteiger partial charge in [0.2, 0.25) is 5.91 Å². The summed E-state index contributed by atoms with van der Waals surface area (Å²) in [5.41, 5.74) is 5.85. The molecule has 0 radical (unpaired) electrons. The molecule has 2 N–H and O–H groups in total. The summed E-state index contributed by atoms with van der Waals surface area (Å²) in [7, 11) is 1.75. The van der Waals surface area contributed by atoms with Gasteiger partial charge in [0.1, 0.15) is 5.69 Å². The minimum Gasteiger partial charge on any atom is -0.326 e. The predicted molar refractivity (Wildman–Crippen MR) is 121 cm³/mol. The molecule has 0 spiro atoms. The van der Waals surface area contributed by atoms with Crippen molar-refractivity contribution in [3.05, 3.63) is 71.2 Å². The Morgan fingerprint density at radius 3 is 2.74 bits per heavy atom. The second-order valence-electron chi connectivity index (χ2n) is 7.32. The van der Waals surface area contributed by atoms with Crippen molar-refractivity contribution in [1.82, 2.24) is 14.8 Å². The highest BCUT2D eigenvalue weighted by molar-refractivity contribution is 7.14. The number of benzene rings is 2. The van der Waals surface area contributed by atoms with E-state index in [1.807, 2.05) is 53.9 Å². The first kappa shape index (κ1) is 19.2. The Bertz CT molecular complexity index is 1290. The molecule has 31 heavy (non-hydrogen) atoms. The lowest BCUT2D eigenvalue weighted by Gasteiger charge is -2.17. The quantitative estimate of drug-likeness (QED) is 0.505. The van der Waals surface area contributed by atoms with Crippen LogP contribution in [0.4, 0.5) is 10.8 Å². The van der Waals surface area contributed by atoms with Crippen LogP contribution in [0.1, 0.15) is 22.5 Å². The van der Waals surface area contributed by atoms with Crippen LogP contribution in [0.2, 0.25) is 0 Å². The normalized spacial score (nSPS) is 12.9. The highest BCUT2D eigenvalue weighted by Crippen LogP contribution is 2.31. The predicted octanol–water partition coefficient (Wildman–Crippen LogP) is 4.35. The number of nitrogens with one attached hydrogen (secondary N) is 2. The molecule has 0 aliphatic carbocycles. The molecule has 1 aliphatic rings. The van der Waals surface area contributed by atoms with Crippen LogP contribution in [0.25, 0.3) is 22.5 Å². The van der Waals surface area contributed by atoms with Crippen molar-refractivity contribution in [3.8, 4) is 22.5 Å². The van der Waals surface area contributed by atoms with Crippen molar-refractivity contribution >= 4 is 34.0 Å². The van der Waals surface area contributed by atoms with Crippen molar-refractivity contribution in [3.63, 3.8) is 0 Å². The molecule has 5 rings (SSSR count). The monoisotopic (exact) mass is 429 g/mol. The van der Waals surface area contributed by atoms with Gasteiger partial charge in [0.25, 0.3) is 5.91 Å². The fraction of sp³-hybridized carbons (Fsp3) is 0.130. The third-order valence-corrected chi connectivity index (χ3v) is 5.96. The zero-order valence-electron chi connectivity index (χ0n) is 16.8. The number of nitrogens with zero attached hydrogens (tertiary/aromatic N) is 3. The average Bonchev–Trinajstić information content (AvgIpc) is 3.40. The molecule has 0 atom stereocenters. The summed E-state index contributed by atoms with van der Waals surface area (Å²) < 4.78 is 1.57. The Kier molecular flexibility index (Phi) is 4.83. The number of anilines is 2. The summed E-state index contributed by atoms with van der Waals surface area (Å²) in [5, 5.41) is 12.6. The maximum Gasteiger partial charge on any atom is 0.275 e. The Morgan fingerprint density at radius 2 is 1.90 bits per heavy atom. The third kappa shape index (κ3) is 3.85. The van der Waals surface area contributed by atoms with E-state index in [9.17, 15) is 9.59 Å². The smallest absolute Gasteiger partial charge is 0.275 e. The number of rotatable bonds is 4. The van der Waals surface area contributed by atoms with Crippen molar-refractivity contribution < 1.29 is 9.59 Å². The molecule has 4 aromatic rings. The molecule has 2 aromatic heterocycles. The summed E-state index contributed by atoms with van der Waals surface area (Å²) >= 11 is 1.37. The first-order valence-corrected chi connectivity index (χ1v) is 10.7. The molecular formula is C23H19N5O2S. The molecule has 2 amide bonds. The van der Waals surface area contributed by atoms with Gasteiger partial charge in [-0.3, -0.25) is 19.6 Å². The number of hydrogen-bond acceptors (Lipinski definition) is 5. The zero-order chi connectivity index (χ0) is 21.4. The fourth-order valence-corrected chi connectivity index (χ4v) is 4.31. The molecule has 0 bridgehead atoms. The molecule has 1 aliphatic heterocycles. The first-order chi connectivity index (χ1) is 15.1. The van der Waals surface area contributed by atoms with Gasteiger partial charge >= 0.3 is 0 Å². The molecule has 7 nitrogen and oxygen atoms in total. The van der Waals surface area contributed by atoms with Crippen LogP contribution in [0.15, 0.2) is 60.0 Å². The van der Waals surface area contributed by atoms with Gasteiger partial charge in [0.05, 0.1) is 11.4 Å². The number of fused-ring (bicyclic) bond motifs is 1. The Balaban J connectivity index is 1.34. The van der Waals surface area contributed by atoms with E-state index >= 15 is 0 Å². The molecule has 0 fully saturated rings. The summed E-state index contributed by atoms with van der Waals surface area (Å²) in [6.07, 6.45) is 1.21. The highest BCUT2D eigenvalue weighted by Gasteiger charge is 2.18. The number of aromatic nitrogens is 3. The molecule has 0 unspecified atom stereocenters. The van der Waals surface area contributed by atoms with Gasteiger partial charge < -0.3 is 5.32 Å². The molecule has 2 aromatic carbocycles. The average molecular weight is 430 g/mol. The SMILES string of the molecule is Cn1nc(-c2ccccc2)cc1C(=O)Nc1nc(-c2ccc3c(c2)CCC(=O)N3)cs1. The summed E-state index contributed by atoms with van der Waals surface area (Å²) in [6.45, 7) is 0. The molecule has 3 heterocycles. The maximum atomic E-state index is 12.8. The van der Waals surface area contributed by atoms with Crippen molar-refractivity contribution in [1.29, 1.82) is 0 Å². The van der Waals surface area contributed by atoms with Crippen LogP contribution in [0.3, 0.4) is 0 Å². The number of aryl methyl sites for hydroxylation is 2. The van der Waals surface area contributed by atoms with Gasteiger partial charge in [0, 0.05) is 35.7 Å². The summed E-state index contributed by atoms with van der Waals surface area (Å²) in [6, 6.07) is 17.4. The lowest BCUT2D eigenvalue weighted by molar-refractivity contribution is -0.116. The van der Waals surface area contributed by atoms with Crippen molar-refractivity contribution in [2.75, 3.05) is 10.6 Å². The van der Waals surface area contributed by atoms with E-state index in [2.05, 4.69) is 20.7 Å². The van der Waals surface area contributed by atoms with Gasteiger partial charge in [-0.1, -0.05) is 36.4 Å². The van der Waals surface area contributed by atoms with E-state index < -0.39 is 0 Å². The largest absolute Gasteiger partial charge is 0.326 e. The highest BCUT2D eigenvalue weighted by atomic mass is 32.1. The molecule has 0 saturated heterocycles. The minimum atomic E-state index is -0.258. The molecule has 0 saturated carbocycles. The van der Waals surface area contributed by atoms with E-state index in [1.54, 1.807) is 17.8 Å². The van der Waals surface area contributed by atoms with E-state index in [0.29, 0.717) is 23.7 Å². The molecule has 8 heteroatoms. The Morgan fingerprint density at radius 1 is 1.06 bits per heavy atom. The van der Waals surface area contributed by atoms with Gasteiger partial charge in [-0.25, -0.2) is 4.98 Å². The fourth-order valence-electron chi connectivity index (χ4n) is 3.60. The third-order valence-electron chi connectivity index (χ3n) is 5.20. The van der Waals surface area contributed by atoms with Crippen LogP contribution >= 0.6 is 11.3 Å². The Labute approximate surface area is 182 Å².